The summed E-state index contributed by atoms with van der Waals surface area (Å²) in [5.74, 6) is 0.335. The summed E-state index contributed by atoms with van der Waals surface area (Å²) < 4.78 is 7.88. The first kappa shape index (κ1) is 26.4. The molecule has 194 valence electrons. The van der Waals surface area contributed by atoms with Gasteiger partial charge in [0.25, 0.3) is 11.5 Å². The summed E-state index contributed by atoms with van der Waals surface area (Å²) in [4.78, 5) is 33.9. The lowest BCUT2D eigenvalue weighted by Crippen LogP contribution is -2.22. The number of ether oxygens (including phenoxy) is 1. The molecule has 11 heteroatoms. The van der Waals surface area contributed by atoms with Gasteiger partial charge in [0.05, 0.1) is 10.6 Å². The summed E-state index contributed by atoms with van der Waals surface area (Å²) in [6.07, 6.45) is 2.34. The lowest BCUT2D eigenvalue weighted by molar-refractivity contribution is 0.102. The van der Waals surface area contributed by atoms with Crippen molar-refractivity contribution in [3.05, 3.63) is 74.0 Å². The number of carbonyl (C=O) groups is 1. The van der Waals surface area contributed by atoms with Gasteiger partial charge in [-0.15, -0.1) is 0 Å². The van der Waals surface area contributed by atoms with Crippen molar-refractivity contribution in [2.75, 3.05) is 23.8 Å². The zero-order valence-corrected chi connectivity index (χ0v) is 22.4. The third kappa shape index (κ3) is 6.39. The van der Waals surface area contributed by atoms with Crippen molar-refractivity contribution in [3.63, 3.8) is 0 Å². The van der Waals surface area contributed by atoms with Crippen molar-refractivity contribution in [2.45, 2.75) is 33.2 Å². The van der Waals surface area contributed by atoms with Crippen LogP contribution >= 0.6 is 23.1 Å². The normalized spacial score (nSPS) is 15.2. The van der Waals surface area contributed by atoms with Gasteiger partial charge >= 0.3 is 0 Å². The van der Waals surface area contributed by atoms with Gasteiger partial charge in [-0.3, -0.25) is 19.0 Å². The highest BCUT2D eigenvalue weighted by atomic mass is 35.5. The maximum absolute atomic E-state index is 13.0. The van der Waals surface area contributed by atoms with Crippen LogP contribution < -0.4 is 21.9 Å². The number of aliphatic imine (C=N–C) groups is 2. The van der Waals surface area contributed by atoms with E-state index in [0.29, 0.717) is 46.6 Å². The summed E-state index contributed by atoms with van der Waals surface area (Å²) in [5.41, 5.74) is 9.63. The van der Waals surface area contributed by atoms with Crippen molar-refractivity contribution < 1.29 is 9.53 Å². The number of amides is 1. The summed E-state index contributed by atoms with van der Waals surface area (Å²) >= 11 is 7.59. The number of aromatic nitrogens is 1. The molecule has 0 spiro atoms. The van der Waals surface area contributed by atoms with E-state index in [2.05, 4.69) is 38.8 Å². The van der Waals surface area contributed by atoms with E-state index in [1.165, 1.54) is 6.40 Å². The minimum atomic E-state index is -0.330. The van der Waals surface area contributed by atoms with Gasteiger partial charge in [-0.25, -0.2) is 4.99 Å². The molecule has 1 amide bonds. The molecule has 4 rings (SSSR count). The summed E-state index contributed by atoms with van der Waals surface area (Å²) in [7, 11) is 0. The Kier molecular flexibility index (Phi) is 8.30. The van der Waals surface area contributed by atoms with Crippen LogP contribution in [0.4, 0.5) is 16.4 Å². The molecule has 5 N–H and O–H groups in total. The Labute approximate surface area is 224 Å². The molecule has 0 bridgehead atoms. The highest BCUT2D eigenvalue weighted by Crippen LogP contribution is 2.29. The second-order valence-corrected chi connectivity index (χ2v) is 10.4. The number of benzene rings is 2. The van der Waals surface area contributed by atoms with Crippen LogP contribution in [-0.4, -0.2) is 35.7 Å². The molecule has 0 radical (unpaired) electrons. The summed E-state index contributed by atoms with van der Waals surface area (Å²) in [6, 6.07) is 10.7. The van der Waals surface area contributed by atoms with E-state index in [1.54, 1.807) is 18.2 Å². The quantitative estimate of drug-likeness (QED) is 0.217. The van der Waals surface area contributed by atoms with E-state index >= 15 is 0 Å². The van der Waals surface area contributed by atoms with Crippen LogP contribution in [0, 0.1) is 12.8 Å². The van der Waals surface area contributed by atoms with Gasteiger partial charge in [0.1, 0.15) is 29.0 Å². The van der Waals surface area contributed by atoms with Crippen LogP contribution in [0.15, 0.2) is 51.2 Å². The third-order valence-electron chi connectivity index (χ3n) is 5.87. The van der Waals surface area contributed by atoms with Crippen LogP contribution in [0.5, 0.6) is 0 Å². The Bertz CT molecular complexity index is 1410. The molecular weight excluding hydrogens is 512 g/mol. The predicted molar refractivity (Wildman–Crippen MR) is 151 cm³/mol. The standard InChI is InChI=1S/C26H29ClN6O3S/c1-14(2)8-9-29-23(28)22-25(35)33-37-26(22)31-17-5-6-18(19(27)11-17)24(34)32-20-7-4-16(10-15(20)3)21-12-36-13-30-21/h4-7,10-11,13-14,21,31H,8-9,12H2,1-3H3,(H2,28,29)(H,32,34)(H,33,35). The van der Waals surface area contributed by atoms with E-state index in [4.69, 9.17) is 22.1 Å². The van der Waals surface area contributed by atoms with Crippen LogP contribution in [0.1, 0.15) is 53.4 Å². The van der Waals surface area contributed by atoms with Gasteiger partial charge < -0.3 is 21.1 Å². The van der Waals surface area contributed by atoms with Gasteiger partial charge in [-0.2, -0.15) is 0 Å². The number of hydrogen-bond acceptors (Lipinski definition) is 7. The molecule has 1 aliphatic rings. The van der Waals surface area contributed by atoms with Crippen LogP contribution in [0.2, 0.25) is 5.02 Å². The van der Waals surface area contributed by atoms with Crippen LogP contribution in [0.25, 0.3) is 0 Å². The maximum Gasteiger partial charge on any atom is 0.271 e. The zero-order chi connectivity index (χ0) is 26.5. The van der Waals surface area contributed by atoms with Crippen molar-refractivity contribution in [1.82, 2.24) is 4.37 Å². The number of aromatic amines is 1. The molecule has 0 aliphatic carbocycles. The van der Waals surface area contributed by atoms with E-state index in [1.807, 2.05) is 25.1 Å². The van der Waals surface area contributed by atoms with Crippen molar-refractivity contribution in [1.29, 1.82) is 0 Å². The Balaban J connectivity index is 1.46. The van der Waals surface area contributed by atoms with E-state index in [-0.39, 0.29) is 28.4 Å². The first-order valence-electron chi connectivity index (χ1n) is 11.9. The number of aryl methyl sites for hydroxylation is 1. The molecule has 0 saturated heterocycles. The fraction of sp³-hybridized carbons (Fsp3) is 0.308. The number of nitrogens with one attached hydrogen (secondary N) is 3. The average Bonchev–Trinajstić information content (AvgIpc) is 3.50. The number of hydrogen-bond donors (Lipinski definition) is 4. The van der Waals surface area contributed by atoms with Crippen LogP contribution in [0.3, 0.4) is 0 Å². The fourth-order valence-electron chi connectivity index (χ4n) is 3.75. The molecule has 2 aromatic carbocycles. The van der Waals surface area contributed by atoms with Crippen LogP contribution in [-0.2, 0) is 4.74 Å². The van der Waals surface area contributed by atoms with Gasteiger partial charge in [0, 0.05) is 17.9 Å². The van der Waals surface area contributed by atoms with E-state index < -0.39 is 0 Å². The lowest BCUT2D eigenvalue weighted by atomic mass is 10.0. The molecule has 9 nitrogen and oxygen atoms in total. The Hall–Kier alpha value is -3.63. The largest absolute Gasteiger partial charge is 0.481 e. The molecule has 1 atom stereocenters. The zero-order valence-electron chi connectivity index (χ0n) is 20.8. The Morgan fingerprint density at radius 2 is 2.14 bits per heavy atom. The molecule has 1 unspecified atom stereocenters. The molecule has 1 aliphatic heterocycles. The fourth-order valence-corrected chi connectivity index (χ4v) is 4.78. The molecule has 37 heavy (non-hydrogen) atoms. The Morgan fingerprint density at radius 1 is 1.32 bits per heavy atom. The van der Waals surface area contributed by atoms with Gasteiger partial charge in [-0.05, 0) is 66.2 Å². The van der Waals surface area contributed by atoms with Crippen molar-refractivity contribution in [2.24, 2.45) is 21.6 Å². The topological polar surface area (TPSA) is 134 Å². The van der Waals surface area contributed by atoms with Gasteiger partial charge in [-0.1, -0.05) is 37.6 Å². The predicted octanol–water partition coefficient (Wildman–Crippen LogP) is 5.25. The first-order chi connectivity index (χ1) is 17.7. The monoisotopic (exact) mass is 540 g/mol. The minimum absolute atomic E-state index is 0.0289. The maximum atomic E-state index is 13.0. The molecule has 1 aromatic heterocycles. The molecule has 2 heterocycles. The minimum Gasteiger partial charge on any atom is -0.481 e. The SMILES string of the molecule is Cc1cc(C2COC=N2)ccc1NC(=O)c1ccc(Nc2s[nH]c(=O)c2C(N)=NCCC(C)C)cc1Cl. The summed E-state index contributed by atoms with van der Waals surface area (Å²) in [6.45, 7) is 7.18. The number of rotatable bonds is 9. The second-order valence-electron chi connectivity index (χ2n) is 9.14. The van der Waals surface area contributed by atoms with Crippen molar-refractivity contribution in [3.8, 4) is 0 Å². The number of nitrogens with zero attached hydrogens (tertiary/aromatic N) is 2. The third-order valence-corrected chi connectivity index (χ3v) is 6.98. The number of nitrogens with two attached hydrogens (primary N) is 1. The summed E-state index contributed by atoms with van der Waals surface area (Å²) in [5, 5.41) is 6.87. The number of halogens is 1. The van der Waals surface area contributed by atoms with E-state index in [9.17, 15) is 9.59 Å². The number of amidine groups is 1. The molecule has 0 saturated carbocycles. The molecule has 3 aromatic rings. The second kappa shape index (κ2) is 11.6. The van der Waals surface area contributed by atoms with Gasteiger partial charge in [0.2, 0.25) is 0 Å². The molecular formula is C26H29ClN6O3S. The van der Waals surface area contributed by atoms with E-state index in [0.717, 1.165) is 29.1 Å². The molecule has 0 fully saturated rings. The number of H-pyrrole nitrogens is 1. The average molecular weight is 541 g/mol. The number of carbonyl (C=O) groups excluding carboxylic acids is 1. The lowest BCUT2D eigenvalue weighted by Gasteiger charge is -2.13. The van der Waals surface area contributed by atoms with Crippen molar-refractivity contribution >= 4 is 57.7 Å². The first-order valence-corrected chi connectivity index (χ1v) is 13.1. The smallest absolute Gasteiger partial charge is 0.271 e. The number of anilines is 3. The van der Waals surface area contributed by atoms with Gasteiger partial charge in [0.15, 0.2) is 6.40 Å². The highest BCUT2D eigenvalue weighted by molar-refractivity contribution is 7.10. The Morgan fingerprint density at radius 3 is 2.81 bits per heavy atom. The highest BCUT2D eigenvalue weighted by Gasteiger charge is 2.18.